The molecule has 0 aliphatic carbocycles. The summed E-state index contributed by atoms with van der Waals surface area (Å²) >= 11 is 5.42. The molecule has 1 N–H and O–H groups in total. The minimum absolute atomic E-state index is 0.335. The van der Waals surface area contributed by atoms with Gasteiger partial charge in [-0.2, -0.15) is 26.3 Å². The summed E-state index contributed by atoms with van der Waals surface area (Å²) in [6.07, 6.45) is -15.2. The van der Waals surface area contributed by atoms with Crippen LogP contribution in [0.15, 0.2) is 18.2 Å². The SMILES string of the molecule is OC(Cc1cccc(F)c1Cl)C(C(F)(F)F)C(F)(F)F. The first kappa shape index (κ1) is 17.0. The third-order valence-electron chi connectivity index (χ3n) is 2.55. The van der Waals surface area contributed by atoms with E-state index in [1.54, 1.807) is 0 Å². The van der Waals surface area contributed by atoms with Gasteiger partial charge < -0.3 is 5.11 Å². The zero-order chi connectivity index (χ0) is 15.7. The molecule has 0 fully saturated rings. The molecule has 0 radical (unpaired) electrons. The summed E-state index contributed by atoms with van der Waals surface area (Å²) < 4.78 is 87.2. The maximum absolute atomic E-state index is 13.0. The summed E-state index contributed by atoms with van der Waals surface area (Å²) in [6, 6.07) is 3.00. The first-order chi connectivity index (χ1) is 8.94. The van der Waals surface area contributed by atoms with Gasteiger partial charge in [0.1, 0.15) is 5.82 Å². The summed E-state index contributed by atoms with van der Waals surface area (Å²) in [5.41, 5.74) is -0.335. The van der Waals surface area contributed by atoms with Crippen LogP contribution in [0.5, 0.6) is 0 Å². The average molecular weight is 325 g/mol. The molecule has 1 unspecified atom stereocenters. The van der Waals surface area contributed by atoms with Crippen LogP contribution in [0.2, 0.25) is 5.02 Å². The first-order valence-electron chi connectivity index (χ1n) is 5.19. The quantitative estimate of drug-likeness (QED) is 0.829. The fourth-order valence-electron chi connectivity index (χ4n) is 1.67. The summed E-state index contributed by atoms with van der Waals surface area (Å²) in [5.74, 6) is -4.92. The molecule has 0 aliphatic rings. The standard InChI is InChI=1S/C11H8ClF7O/c12-8-5(2-1-3-6(8)13)4-7(20)9(10(14,15)16)11(17,18)19/h1-3,7,9,20H,4H2. The Morgan fingerprint density at radius 3 is 2.00 bits per heavy atom. The minimum Gasteiger partial charge on any atom is -0.392 e. The molecule has 9 heteroatoms. The van der Waals surface area contributed by atoms with Gasteiger partial charge >= 0.3 is 12.4 Å². The van der Waals surface area contributed by atoms with Gasteiger partial charge in [0.05, 0.1) is 11.1 Å². The Balaban J connectivity index is 3.04. The molecule has 1 rings (SSSR count). The summed E-state index contributed by atoms with van der Waals surface area (Å²) in [6.45, 7) is 0. The van der Waals surface area contributed by atoms with Crippen molar-refractivity contribution < 1.29 is 35.8 Å². The average Bonchev–Trinajstić information content (AvgIpc) is 2.20. The molecule has 0 saturated carbocycles. The van der Waals surface area contributed by atoms with Crippen molar-refractivity contribution in [3.05, 3.63) is 34.6 Å². The third-order valence-corrected chi connectivity index (χ3v) is 2.97. The molecule has 1 nitrogen and oxygen atoms in total. The second kappa shape index (κ2) is 5.77. The van der Waals surface area contributed by atoms with E-state index in [1.807, 2.05) is 0 Å². The smallest absolute Gasteiger partial charge is 0.392 e. The molecule has 0 saturated heterocycles. The fraction of sp³-hybridized carbons (Fsp3) is 0.455. The monoisotopic (exact) mass is 324 g/mol. The lowest BCUT2D eigenvalue weighted by Gasteiger charge is -2.27. The molecular formula is C11H8ClF7O. The van der Waals surface area contributed by atoms with Crippen molar-refractivity contribution in [1.82, 2.24) is 0 Å². The van der Waals surface area contributed by atoms with Gasteiger partial charge in [-0.15, -0.1) is 0 Å². The van der Waals surface area contributed by atoms with E-state index in [0.29, 0.717) is 0 Å². The molecule has 0 heterocycles. The Hall–Kier alpha value is -1.02. The molecule has 20 heavy (non-hydrogen) atoms. The first-order valence-corrected chi connectivity index (χ1v) is 5.56. The predicted octanol–water partition coefficient (Wildman–Crippen LogP) is 4.12. The summed E-state index contributed by atoms with van der Waals surface area (Å²) in [5, 5.41) is 8.61. The highest BCUT2D eigenvalue weighted by molar-refractivity contribution is 6.31. The highest BCUT2D eigenvalue weighted by Crippen LogP contribution is 2.42. The van der Waals surface area contributed by atoms with Gasteiger partial charge in [0.25, 0.3) is 0 Å². The number of aliphatic hydroxyl groups is 1. The fourth-order valence-corrected chi connectivity index (χ4v) is 1.87. The van der Waals surface area contributed by atoms with E-state index in [2.05, 4.69) is 0 Å². The van der Waals surface area contributed by atoms with Crippen LogP contribution < -0.4 is 0 Å². The van der Waals surface area contributed by atoms with Crippen molar-refractivity contribution in [1.29, 1.82) is 0 Å². The number of aliphatic hydroxyl groups excluding tert-OH is 1. The summed E-state index contributed by atoms with van der Waals surface area (Å²) in [7, 11) is 0. The van der Waals surface area contributed by atoms with Gasteiger partial charge in [0, 0.05) is 6.42 Å². The van der Waals surface area contributed by atoms with Crippen LogP contribution in [-0.4, -0.2) is 23.6 Å². The van der Waals surface area contributed by atoms with Gasteiger partial charge in [-0.1, -0.05) is 23.7 Å². The van der Waals surface area contributed by atoms with E-state index >= 15 is 0 Å². The molecule has 1 atom stereocenters. The van der Waals surface area contributed by atoms with Gasteiger partial charge in [-0.05, 0) is 11.6 Å². The molecule has 1 aromatic carbocycles. The Labute approximate surface area is 114 Å². The van der Waals surface area contributed by atoms with Gasteiger partial charge in [0.2, 0.25) is 0 Å². The number of rotatable bonds is 3. The van der Waals surface area contributed by atoms with Gasteiger partial charge in [0.15, 0.2) is 5.92 Å². The second-order valence-corrected chi connectivity index (χ2v) is 4.42. The lowest BCUT2D eigenvalue weighted by atomic mass is 9.95. The van der Waals surface area contributed by atoms with E-state index in [0.717, 1.165) is 18.2 Å². The number of alkyl halides is 6. The van der Waals surface area contributed by atoms with Crippen molar-refractivity contribution in [2.75, 3.05) is 0 Å². The Kier molecular flexibility index (Phi) is 4.91. The van der Waals surface area contributed by atoms with Crippen LogP contribution in [0.25, 0.3) is 0 Å². The maximum atomic E-state index is 13.0. The lowest BCUT2D eigenvalue weighted by molar-refractivity contribution is -0.305. The van der Waals surface area contributed by atoms with Crippen LogP contribution >= 0.6 is 11.6 Å². The molecule has 0 aromatic heterocycles. The second-order valence-electron chi connectivity index (χ2n) is 4.05. The van der Waals surface area contributed by atoms with Crippen LogP contribution in [0.1, 0.15) is 5.56 Å². The van der Waals surface area contributed by atoms with Crippen molar-refractivity contribution in [2.24, 2.45) is 5.92 Å². The number of hydrogen-bond donors (Lipinski definition) is 1. The highest BCUT2D eigenvalue weighted by atomic mass is 35.5. The lowest BCUT2D eigenvalue weighted by Crippen LogP contribution is -2.45. The van der Waals surface area contributed by atoms with Crippen LogP contribution in [-0.2, 0) is 6.42 Å². The van der Waals surface area contributed by atoms with Gasteiger partial charge in [-0.25, -0.2) is 4.39 Å². The molecule has 0 aliphatic heterocycles. The maximum Gasteiger partial charge on any atom is 0.403 e. The van der Waals surface area contributed by atoms with Gasteiger partial charge in [-0.3, -0.25) is 0 Å². The normalized spacial score (nSPS) is 14.7. The van der Waals surface area contributed by atoms with E-state index in [1.165, 1.54) is 0 Å². The van der Waals surface area contributed by atoms with Crippen LogP contribution in [0.4, 0.5) is 30.7 Å². The van der Waals surface area contributed by atoms with Crippen molar-refractivity contribution in [3.8, 4) is 0 Å². The third kappa shape index (κ3) is 3.99. The molecule has 114 valence electrons. The van der Waals surface area contributed by atoms with E-state index in [4.69, 9.17) is 11.6 Å². The molecule has 0 amide bonds. The van der Waals surface area contributed by atoms with E-state index < -0.39 is 41.6 Å². The van der Waals surface area contributed by atoms with E-state index in [9.17, 15) is 35.8 Å². The zero-order valence-corrected chi connectivity index (χ0v) is 10.3. The predicted molar refractivity (Wildman–Crippen MR) is 56.7 cm³/mol. The number of benzene rings is 1. The molecule has 0 bridgehead atoms. The minimum atomic E-state index is -5.67. The molecule has 0 spiro atoms. The van der Waals surface area contributed by atoms with Crippen LogP contribution in [0, 0.1) is 11.7 Å². The van der Waals surface area contributed by atoms with Crippen LogP contribution in [0.3, 0.4) is 0 Å². The topological polar surface area (TPSA) is 20.2 Å². The van der Waals surface area contributed by atoms with E-state index in [-0.39, 0.29) is 5.56 Å². The largest absolute Gasteiger partial charge is 0.403 e. The van der Waals surface area contributed by atoms with Crippen molar-refractivity contribution in [2.45, 2.75) is 24.9 Å². The molecular weight excluding hydrogens is 317 g/mol. The van der Waals surface area contributed by atoms with Crippen molar-refractivity contribution >= 4 is 11.6 Å². The van der Waals surface area contributed by atoms with Crippen molar-refractivity contribution in [3.63, 3.8) is 0 Å². The highest BCUT2D eigenvalue weighted by Gasteiger charge is 2.60. The number of halogens is 8. The Morgan fingerprint density at radius 2 is 1.55 bits per heavy atom. The Morgan fingerprint density at radius 1 is 1.05 bits per heavy atom. The zero-order valence-electron chi connectivity index (χ0n) is 9.56. The summed E-state index contributed by atoms with van der Waals surface area (Å²) in [4.78, 5) is 0. The number of hydrogen-bond acceptors (Lipinski definition) is 1. The molecule has 1 aromatic rings. The Bertz CT molecular complexity index is 455.